The molecule has 2 rings (SSSR count). The lowest BCUT2D eigenvalue weighted by Gasteiger charge is -2.46. The van der Waals surface area contributed by atoms with E-state index in [0.29, 0.717) is 24.7 Å². The van der Waals surface area contributed by atoms with Gasteiger partial charge in [-0.25, -0.2) is 0 Å². The number of carbonyl (C=O) groups excluding carboxylic acids is 1. The molecule has 0 bridgehead atoms. The van der Waals surface area contributed by atoms with Gasteiger partial charge in [0.25, 0.3) is 0 Å². The maximum absolute atomic E-state index is 12.6. The van der Waals surface area contributed by atoms with Crippen molar-refractivity contribution in [2.45, 2.75) is 45.6 Å². The molecular formula is C13H23N3O2. The van der Waals surface area contributed by atoms with Gasteiger partial charge >= 0.3 is 0 Å². The summed E-state index contributed by atoms with van der Waals surface area (Å²) in [5, 5.41) is 12.0. The molecule has 0 spiro atoms. The van der Waals surface area contributed by atoms with Crippen LogP contribution in [0.25, 0.3) is 0 Å². The van der Waals surface area contributed by atoms with Crippen molar-refractivity contribution < 1.29 is 10.0 Å². The highest BCUT2D eigenvalue weighted by molar-refractivity contribution is 6.07. The van der Waals surface area contributed by atoms with Gasteiger partial charge in [0.15, 0.2) is 5.84 Å². The van der Waals surface area contributed by atoms with Gasteiger partial charge in [-0.1, -0.05) is 12.1 Å². The fourth-order valence-corrected chi connectivity index (χ4v) is 3.14. The van der Waals surface area contributed by atoms with E-state index in [1.165, 1.54) is 12.8 Å². The Morgan fingerprint density at radius 3 is 2.44 bits per heavy atom. The normalized spacial score (nSPS) is 33.7. The summed E-state index contributed by atoms with van der Waals surface area (Å²) in [6.07, 6.45) is 3.77. The van der Waals surface area contributed by atoms with Gasteiger partial charge in [-0.3, -0.25) is 4.79 Å². The molecule has 0 saturated heterocycles. The van der Waals surface area contributed by atoms with Crippen LogP contribution in [-0.4, -0.2) is 34.9 Å². The molecule has 0 aliphatic heterocycles. The first-order valence-electron chi connectivity index (χ1n) is 6.67. The van der Waals surface area contributed by atoms with Gasteiger partial charge < -0.3 is 15.8 Å². The molecule has 0 aromatic carbocycles. The van der Waals surface area contributed by atoms with Crippen LogP contribution in [-0.2, 0) is 4.79 Å². The third-order valence-corrected chi connectivity index (χ3v) is 4.64. The topological polar surface area (TPSA) is 78.9 Å². The minimum Gasteiger partial charge on any atom is -0.409 e. The molecular weight excluding hydrogens is 230 g/mol. The third-order valence-electron chi connectivity index (χ3n) is 4.64. The van der Waals surface area contributed by atoms with E-state index in [1.807, 2.05) is 7.05 Å². The van der Waals surface area contributed by atoms with Crippen molar-refractivity contribution in [3.05, 3.63) is 0 Å². The Balaban J connectivity index is 2.14. The number of hydrogen-bond donors (Lipinski definition) is 2. The summed E-state index contributed by atoms with van der Waals surface area (Å²) in [7, 11) is 1.83. The smallest absolute Gasteiger partial charge is 0.236 e. The van der Waals surface area contributed by atoms with E-state index in [1.54, 1.807) is 4.90 Å². The van der Waals surface area contributed by atoms with Crippen molar-refractivity contribution in [2.24, 2.45) is 28.1 Å². The number of amides is 1. The van der Waals surface area contributed by atoms with Crippen LogP contribution < -0.4 is 5.73 Å². The highest BCUT2D eigenvalue weighted by atomic mass is 16.4. The van der Waals surface area contributed by atoms with E-state index >= 15 is 0 Å². The Morgan fingerprint density at radius 2 is 2.06 bits per heavy atom. The van der Waals surface area contributed by atoms with Gasteiger partial charge in [0.2, 0.25) is 5.91 Å². The van der Waals surface area contributed by atoms with E-state index in [0.717, 1.165) is 0 Å². The van der Waals surface area contributed by atoms with Crippen molar-refractivity contribution >= 4 is 11.7 Å². The van der Waals surface area contributed by atoms with Gasteiger partial charge in [0, 0.05) is 13.1 Å². The lowest BCUT2D eigenvalue weighted by Crippen LogP contribution is -2.58. The number of amidine groups is 1. The molecule has 3 N–H and O–H groups in total. The zero-order chi connectivity index (χ0) is 13.5. The molecule has 1 unspecified atom stereocenters. The molecule has 2 aliphatic carbocycles. The molecule has 5 nitrogen and oxygen atoms in total. The maximum Gasteiger partial charge on any atom is 0.236 e. The third kappa shape index (κ3) is 1.95. The summed E-state index contributed by atoms with van der Waals surface area (Å²) in [5.41, 5.74) is 5.00. The minimum absolute atomic E-state index is 0.00954. The van der Waals surface area contributed by atoms with Crippen LogP contribution in [0.1, 0.15) is 39.5 Å². The number of nitrogens with zero attached hydrogens (tertiary/aromatic N) is 2. The molecule has 2 fully saturated rings. The van der Waals surface area contributed by atoms with E-state index in [9.17, 15) is 4.79 Å². The van der Waals surface area contributed by atoms with Crippen molar-refractivity contribution in [2.75, 3.05) is 7.05 Å². The number of carbonyl (C=O) groups is 1. The fourth-order valence-electron chi connectivity index (χ4n) is 3.14. The summed E-state index contributed by atoms with van der Waals surface area (Å²) >= 11 is 0. The van der Waals surface area contributed by atoms with Gasteiger partial charge in [0.05, 0.1) is 0 Å². The van der Waals surface area contributed by atoms with Crippen molar-refractivity contribution in [3.63, 3.8) is 0 Å². The maximum atomic E-state index is 12.6. The highest BCUT2D eigenvalue weighted by Crippen LogP contribution is 2.48. The van der Waals surface area contributed by atoms with Crippen LogP contribution >= 0.6 is 0 Å². The van der Waals surface area contributed by atoms with Gasteiger partial charge in [-0.2, -0.15) is 0 Å². The average Bonchev–Trinajstić information content (AvgIpc) is 3.15. The van der Waals surface area contributed by atoms with Crippen LogP contribution in [0.4, 0.5) is 0 Å². The van der Waals surface area contributed by atoms with Crippen LogP contribution in [0.15, 0.2) is 5.16 Å². The van der Waals surface area contributed by atoms with E-state index in [-0.39, 0.29) is 17.8 Å². The summed E-state index contributed by atoms with van der Waals surface area (Å²) in [4.78, 5) is 14.4. The second-order valence-corrected chi connectivity index (χ2v) is 6.07. The molecule has 2 saturated carbocycles. The molecule has 1 atom stereocenters. The molecule has 0 radical (unpaired) electrons. The van der Waals surface area contributed by atoms with E-state index in [2.05, 4.69) is 19.0 Å². The summed E-state index contributed by atoms with van der Waals surface area (Å²) in [6.45, 7) is 4.16. The predicted octanol–water partition coefficient (Wildman–Crippen LogP) is 1.41. The van der Waals surface area contributed by atoms with Crippen LogP contribution in [0, 0.1) is 17.3 Å². The van der Waals surface area contributed by atoms with Crippen LogP contribution in [0.3, 0.4) is 0 Å². The molecule has 18 heavy (non-hydrogen) atoms. The monoisotopic (exact) mass is 253 g/mol. The molecule has 0 heterocycles. The number of hydrogen-bond acceptors (Lipinski definition) is 3. The Bertz CT molecular complexity index is 370. The van der Waals surface area contributed by atoms with E-state index in [4.69, 9.17) is 10.9 Å². The molecule has 2 aliphatic rings. The summed E-state index contributed by atoms with van der Waals surface area (Å²) in [6, 6.07) is 0.247. The second-order valence-electron chi connectivity index (χ2n) is 6.07. The Labute approximate surface area is 108 Å². The predicted molar refractivity (Wildman–Crippen MR) is 69.2 cm³/mol. The first-order chi connectivity index (χ1) is 8.42. The Hall–Kier alpha value is -1.26. The number of rotatable bonds is 4. The minimum atomic E-state index is -0.758. The molecule has 102 valence electrons. The van der Waals surface area contributed by atoms with Crippen molar-refractivity contribution in [1.82, 2.24) is 4.90 Å². The average molecular weight is 253 g/mol. The Morgan fingerprint density at radius 1 is 1.50 bits per heavy atom. The van der Waals surface area contributed by atoms with Crippen molar-refractivity contribution in [1.29, 1.82) is 0 Å². The fraction of sp³-hybridized carbons (Fsp3) is 0.846. The van der Waals surface area contributed by atoms with Gasteiger partial charge in [0.1, 0.15) is 5.41 Å². The first-order valence-corrected chi connectivity index (χ1v) is 6.67. The lowest BCUT2D eigenvalue weighted by molar-refractivity contribution is -0.145. The summed E-state index contributed by atoms with van der Waals surface area (Å²) in [5.74, 6) is 1.16. The van der Waals surface area contributed by atoms with Crippen LogP contribution in [0.5, 0.6) is 0 Å². The molecule has 0 aromatic rings. The SMILES string of the molecule is CC1CC(C(=O)N(C)C(C)C2CC2)(C(N)=NO)C1. The van der Waals surface area contributed by atoms with Crippen LogP contribution in [0.2, 0.25) is 0 Å². The number of nitrogens with two attached hydrogens (primary N) is 1. The van der Waals surface area contributed by atoms with E-state index < -0.39 is 5.41 Å². The molecule has 0 aromatic heterocycles. The van der Waals surface area contributed by atoms with Gasteiger partial charge in [-0.15, -0.1) is 0 Å². The Kier molecular flexibility index (Phi) is 3.25. The standard InChI is InChI=1S/C13H23N3O2/c1-8-6-13(7-8,11(14)15-18)12(17)16(3)9(2)10-4-5-10/h8-10,18H,4-7H2,1-3H3,(H2,14,15). The summed E-state index contributed by atoms with van der Waals surface area (Å²) < 4.78 is 0. The highest BCUT2D eigenvalue weighted by Gasteiger charge is 2.54. The molecule has 1 amide bonds. The second kappa shape index (κ2) is 4.44. The zero-order valence-corrected chi connectivity index (χ0v) is 11.4. The largest absolute Gasteiger partial charge is 0.409 e. The van der Waals surface area contributed by atoms with Crippen molar-refractivity contribution in [3.8, 4) is 0 Å². The lowest BCUT2D eigenvalue weighted by atomic mass is 9.61. The van der Waals surface area contributed by atoms with Gasteiger partial charge in [-0.05, 0) is 44.4 Å². The first kappa shape index (κ1) is 13.2. The number of oxime groups is 1. The molecule has 5 heteroatoms. The zero-order valence-electron chi connectivity index (χ0n) is 11.4. The quantitative estimate of drug-likeness (QED) is 0.344.